The van der Waals surface area contributed by atoms with Gasteiger partial charge in [-0.15, -0.1) is 0 Å². The van der Waals surface area contributed by atoms with Crippen molar-refractivity contribution in [2.45, 2.75) is 44.9 Å². The van der Waals surface area contributed by atoms with E-state index in [1.807, 2.05) is 36.5 Å². The molecular formula is C17H22N4S. The second kappa shape index (κ2) is 7.49. The number of rotatable bonds is 5. The summed E-state index contributed by atoms with van der Waals surface area (Å²) < 4.78 is 2.32. The van der Waals surface area contributed by atoms with E-state index in [9.17, 15) is 0 Å². The summed E-state index contributed by atoms with van der Waals surface area (Å²) in [7, 11) is 0. The van der Waals surface area contributed by atoms with Crippen LogP contribution in [0.25, 0.3) is 0 Å². The van der Waals surface area contributed by atoms with E-state index in [0.29, 0.717) is 4.77 Å². The van der Waals surface area contributed by atoms with Gasteiger partial charge in [0.25, 0.3) is 0 Å². The molecule has 0 atom stereocenters. The summed E-state index contributed by atoms with van der Waals surface area (Å²) in [5, 5.41) is 11.7. The van der Waals surface area contributed by atoms with E-state index in [1.165, 1.54) is 38.5 Å². The first kappa shape index (κ1) is 15.2. The Kier molecular flexibility index (Phi) is 5.16. The molecule has 5 heteroatoms. The Labute approximate surface area is 136 Å². The van der Waals surface area contributed by atoms with Gasteiger partial charge in [0.15, 0.2) is 5.82 Å². The zero-order valence-corrected chi connectivity index (χ0v) is 13.6. The quantitative estimate of drug-likeness (QED) is 0.659. The highest BCUT2D eigenvalue weighted by molar-refractivity contribution is 7.71. The van der Waals surface area contributed by atoms with Gasteiger partial charge in [0.2, 0.25) is 4.77 Å². The summed E-state index contributed by atoms with van der Waals surface area (Å²) in [5.41, 5.74) is 1.06. The zero-order valence-electron chi connectivity index (χ0n) is 12.7. The van der Waals surface area contributed by atoms with Crippen LogP contribution >= 0.6 is 12.2 Å². The maximum absolute atomic E-state index is 5.29. The number of hydrogen-bond donors (Lipinski definition) is 1. The van der Waals surface area contributed by atoms with Gasteiger partial charge in [-0.2, -0.15) is 14.9 Å². The fourth-order valence-electron chi connectivity index (χ4n) is 3.08. The summed E-state index contributed by atoms with van der Waals surface area (Å²) in [6, 6.07) is 10.0. The lowest BCUT2D eigenvalue weighted by molar-refractivity contribution is 0.336. The molecule has 3 rings (SSSR count). The molecular weight excluding hydrogens is 292 g/mol. The van der Waals surface area contributed by atoms with Gasteiger partial charge in [0.05, 0.1) is 6.21 Å². The number of nitrogens with one attached hydrogen (secondary N) is 1. The van der Waals surface area contributed by atoms with Crippen molar-refractivity contribution in [1.82, 2.24) is 14.9 Å². The van der Waals surface area contributed by atoms with Crippen molar-refractivity contribution in [2.24, 2.45) is 11.0 Å². The van der Waals surface area contributed by atoms with E-state index in [4.69, 9.17) is 12.2 Å². The fraction of sp³-hybridized carbons (Fsp3) is 0.471. The average molecular weight is 314 g/mol. The Hall–Kier alpha value is -1.75. The Balaban J connectivity index is 1.68. The highest BCUT2D eigenvalue weighted by atomic mass is 32.1. The third-order valence-electron chi connectivity index (χ3n) is 4.34. The highest BCUT2D eigenvalue weighted by Gasteiger charge is 2.15. The van der Waals surface area contributed by atoms with Crippen LogP contribution in [0.2, 0.25) is 0 Å². The van der Waals surface area contributed by atoms with E-state index in [1.54, 1.807) is 4.68 Å². The van der Waals surface area contributed by atoms with Crippen LogP contribution in [-0.2, 0) is 6.42 Å². The molecule has 0 radical (unpaired) electrons. The minimum atomic E-state index is 0.561. The van der Waals surface area contributed by atoms with Gasteiger partial charge >= 0.3 is 0 Å². The van der Waals surface area contributed by atoms with Crippen molar-refractivity contribution in [3.63, 3.8) is 0 Å². The maximum Gasteiger partial charge on any atom is 0.216 e. The summed E-state index contributed by atoms with van der Waals surface area (Å²) >= 11 is 5.29. The molecule has 1 aromatic heterocycles. The third-order valence-corrected chi connectivity index (χ3v) is 4.60. The molecule has 1 aromatic carbocycles. The third kappa shape index (κ3) is 3.91. The molecule has 0 spiro atoms. The Morgan fingerprint density at radius 2 is 2.00 bits per heavy atom. The van der Waals surface area contributed by atoms with Crippen molar-refractivity contribution in [3.05, 3.63) is 46.5 Å². The van der Waals surface area contributed by atoms with Crippen LogP contribution < -0.4 is 0 Å². The minimum absolute atomic E-state index is 0.561. The lowest BCUT2D eigenvalue weighted by Gasteiger charge is -2.20. The van der Waals surface area contributed by atoms with Crippen molar-refractivity contribution in [2.75, 3.05) is 0 Å². The number of hydrogen-bond acceptors (Lipinski definition) is 3. The van der Waals surface area contributed by atoms with Crippen LogP contribution in [0.1, 0.15) is 49.9 Å². The molecule has 1 aliphatic carbocycles. The van der Waals surface area contributed by atoms with Gasteiger partial charge in [-0.1, -0.05) is 62.4 Å². The zero-order chi connectivity index (χ0) is 15.2. The van der Waals surface area contributed by atoms with Gasteiger partial charge in [0, 0.05) is 6.42 Å². The molecule has 0 amide bonds. The average Bonchev–Trinajstić information content (AvgIpc) is 2.93. The number of aryl methyl sites for hydroxylation is 1. The molecule has 1 N–H and O–H groups in total. The first-order valence-electron chi connectivity index (χ1n) is 8.08. The Morgan fingerprint density at radius 3 is 2.77 bits per heavy atom. The van der Waals surface area contributed by atoms with E-state index >= 15 is 0 Å². The van der Waals surface area contributed by atoms with Crippen LogP contribution in [0.4, 0.5) is 0 Å². The van der Waals surface area contributed by atoms with Crippen molar-refractivity contribution >= 4 is 18.4 Å². The van der Waals surface area contributed by atoms with Gasteiger partial charge < -0.3 is 0 Å². The number of aromatic amines is 1. The number of H-pyrrole nitrogens is 1. The van der Waals surface area contributed by atoms with Crippen LogP contribution in [0.3, 0.4) is 0 Å². The smallest absolute Gasteiger partial charge is 0.216 e. The summed E-state index contributed by atoms with van der Waals surface area (Å²) in [6.45, 7) is 0. The molecule has 1 saturated carbocycles. The van der Waals surface area contributed by atoms with Crippen molar-refractivity contribution in [1.29, 1.82) is 0 Å². The van der Waals surface area contributed by atoms with Gasteiger partial charge in [-0.3, -0.25) is 5.10 Å². The maximum atomic E-state index is 5.29. The second-order valence-corrected chi connectivity index (χ2v) is 6.34. The molecule has 1 fully saturated rings. The van der Waals surface area contributed by atoms with Crippen LogP contribution in [0, 0.1) is 10.7 Å². The SMILES string of the molecule is S=c1[nH]nc(CCC2CCCCC2)n1/N=C\c1ccccc1. The lowest BCUT2D eigenvalue weighted by atomic mass is 9.86. The first-order valence-corrected chi connectivity index (χ1v) is 8.49. The van der Waals surface area contributed by atoms with E-state index in [2.05, 4.69) is 15.3 Å². The minimum Gasteiger partial charge on any atom is -0.250 e. The van der Waals surface area contributed by atoms with E-state index < -0.39 is 0 Å². The van der Waals surface area contributed by atoms with Crippen LogP contribution in [0.5, 0.6) is 0 Å². The first-order chi connectivity index (χ1) is 10.8. The van der Waals surface area contributed by atoms with Gasteiger partial charge in [-0.25, -0.2) is 0 Å². The lowest BCUT2D eigenvalue weighted by Crippen LogP contribution is -2.09. The monoisotopic (exact) mass is 314 g/mol. The van der Waals surface area contributed by atoms with Crippen LogP contribution in [-0.4, -0.2) is 21.1 Å². The van der Waals surface area contributed by atoms with Gasteiger partial charge in [0.1, 0.15) is 0 Å². The summed E-state index contributed by atoms with van der Waals surface area (Å²) in [4.78, 5) is 0. The predicted molar refractivity (Wildman–Crippen MR) is 91.7 cm³/mol. The molecule has 0 aliphatic heterocycles. The molecule has 1 heterocycles. The van der Waals surface area contributed by atoms with E-state index in [-0.39, 0.29) is 0 Å². The normalized spacial score (nSPS) is 16.4. The largest absolute Gasteiger partial charge is 0.250 e. The molecule has 116 valence electrons. The fourth-order valence-corrected chi connectivity index (χ4v) is 3.28. The number of nitrogens with zero attached hydrogens (tertiary/aromatic N) is 3. The summed E-state index contributed by atoms with van der Waals surface area (Å²) in [6.07, 6.45) is 10.8. The molecule has 4 nitrogen and oxygen atoms in total. The predicted octanol–water partition coefficient (Wildman–Crippen LogP) is 4.34. The van der Waals surface area contributed by atoms with Crippen LogP contribution in [0.15, 0.2) is 35.4 Å². The standard InChI is InChI=1S/C17H22N4S/c22-17-20-19-16(12-11-14-7-3-1-4-8-14)21(17)18-13-15-9-5-2-6-10-15/h2,5-6,9-10,13-14H,1,3-4,7-8,11-12H2,(H,20,22)/b18-13-. The molecule has 0 saturated heterocycles. The number of benzene rings is 1. The molecule has 0 unspecified atom stereocenters. The Bertz CT molecular complexity index is 665. The van der Waals surface area contributed by atoms with Crippen molar-refractivity contribution in [3.8, 4) is 0 Å². The van der Waals surface area contributed by atoms with Crippen molar-refractivity contribution < 1.29 is 0 Å². The van der Waals surface area contributed by atoms with Gasteiger partial charge in [-0.05, 0) is 30.1 Å². The molecule has 2 aromatic rings. The second-order valence-electron chi connectivity index (χ2n) is 5.95. The Morgan fingerprint density at radius 1 is 1.23 bits per heavy atom. The topological polar surface area (TPSA) is 46.0 Å². The number of aromatic nitrogens is 3. The van der Waals surface area contributed by atoms with E-state index in [0.717, 1.165) is 23.7 Å². The molecule has 1 aliphatic rings. The highest BCUT2D eigenvalue weighted by Crippen LogP contribution is 2.27. The molecule has 0 bridgehead atoms. The summed E-state index contributed by atoms with van der Waals surface area (Å²) in [5.74, 6) is 1.77. The molecule has 22 heavy (non-hydrogen) atoms.